The Kier molecular flexibility index (Phi) is 7.25. The average Bonchev–Trinajstić information content (AvgIpc) is 3.75. The summed E-state index contributed by atoms with van der Waals surface area (Å²) in [6, 6.07) is 75.3. The molecule has 0 N–H and O–H groups in total. The maximum absolute atomic E-state index is 5.89. The van der Waals surface area contributed by atoms with Gasteiger partial charge in [0.15, 0.2) is 11.5 Å². The van der Waals surface area contributed by atoms with Gasteiger partial charge in [-0.3, -0.25) is 4.90 Å². The number of para-hydroxylation sites is 1. The van der Waals surface area contributed by atoms with E-state index in [0.29, 0.717) is 5.82 Å². The molecule has 1 aliphatic heterocycles. The third kappa shape index (κ3) is 4.61. The number of rotatable bonds is 4. The zero-order valence-corrected chi connectivity index (χ0v) is 34.4. The number of anilines is 4. The van der Waals surface area contributed by atoms with Gasteiger partial charge in [-0.1, -0.05) is 190 Å². The van der Waals surface area contributed by atoms with Crippen molar-refractivity contribution in [1.29, 1.82) is 0 Å². The Morgan fingerprint density at radius 2 is 1.05 bits per heavy atom. The molecule has 1 aromatic heterocycles. The summed E-state index contributed by atoms with van der Waals surface area (Å²) in [6.07, 6.45) is 0. The molecule has 4 nitrogen and oxygen atoms in total. The Bertz CT molecular complexity index is 3400. The highest BCUT2D eigenvalue weighted by atomic mass is 15.5. The van der Waals surface area contributed by atoms with E-state index in [0.717, 1.165) is 39.7 Å². The second kappa shape index (κ2) is 12.8. The SMILES string of the molecule is CC1(C)c2nc(-c3ccccc3)nc(N3c4cccc5cc(-c6ccccc6)cc(c45)N(c4ccccc4)C34c3ccccc3-c3ccccc34)c2-c2ccc3ccccc3c21. The van der Waals surface area contributed by atoms with Crippen molar-refractivity contribution in [3.63, 3.8) is 0 Å². The Hall–Kier alpha value is -7.82. The average molecular weight is 793 g/mol. The highest BCUT2D eigenvalue weighted by molar-refractivity contribution is 6.14. The van der Waals surface area contributed by atoms with Gasteiger partial charge in [-0.2, -0.15) is 0 Å². The van der Waals surface area contributed by atoms with E-state index < -0.39 is 11.1 Å². The van der Waals surface area contributed by atoms with Gasteiger partial charge in [0.05, 0.1) is 17.1 Å². The molecule has 0 radical (unpaired) electrons. The van der Waals surface area contributed by atoms with Crippen LogP contribution < -0.4 is 9.80 Å². The zero-order valence-electron chi connectivity index (χ0n) is 34.4. The molecule has 292 valence electrons. The molecule has 0 saturated carbocycles. The van der Waals surface area contributed by atoms with Crippen LogP contribution in [0.25, 0.3) is 66.3 Å². The first-order valence-corrected chi connectivity index (χ1v) is 21.5. The molecule has 3 aliphatic rings. The fraction of sp³-hybridized carbons (Fsp3) is 0.0690. The molecule has 0 bridgehead atoms. The minimum absolute atomic E-state index is 0.436. The van der Waals surface area contributed by atoms with Crippen molar-refractivity contribution < 1.29 is 0 Å². The molecule has 0 fully saturated rings. The quantitative estimate of drug-likeness (QED) is 0.178. The van der Waals surface area contributed by atoms with E-state index in [-0.39, 0.29) is 0 Å². The van der Waals surface area contributed by atoms with Gasteiger partial charge in [0.1, 0.15) is 5.82 Å². The van der Waals surface area contributed by atoms with Gasteiger partial charge in [-0.15, -0.1) is 0 Å². The molecule has 2 aliphatic carbocycles. The van der Waals surface area contributed by atoms with Crippen LogP contribution in [0.4, 0.5) is 22.9 Å². The summed E-state index contributed by atoms with van der Waals surface area (Å²) in [5.74, 6) is 1.59. The smallest absolute Gasteiger partial charge is 0.177 e. The third-order valence-corrected chi connectivity index (χ3v) is 13.6. The monoisotopic (exact) mass is 792 g/mol. The fourth-order valence-electron chi connectivity index (χ4n) is 11.1. The summed E-state index contributed by atoms with van der Waals surface area (Å²) in [6.45, 7) is 4.69. The second-order valence-corrected chi connectivity index (χ2v) is 17.3. The normalized spacial score (nSPS) is 14.8. The fourth-order valence-corrected chi connectivity index (χ4v) is 11.1. The number of hydrogen-bond donors (Lipinski definition) is 0. The summed E-state index contributed by atoms with van der Waals surface area (Å²) < 4.78 is 0. The van der Waals surface area contributed by atoms with E-state index in [1.54, 1.807) is 0 Å². The minimum Gasteiger partial charge on any atom is -0.309 e. The summed E-state index contributed by atoms with van der Waals surface area (Å²) in [7, 11) is 0. The first-order valence-electron chi connectivity index (χ1n) is 21.5. The summed E-state index contributed by atoms with van der Waals surface area (Å²) in [4.78, 5) is 16.7. The molecule has 0 saturated heterocycles. The van der Waals surface area contributed by atoms with Crippen molar-refractivity contribution in [3.8, 4) is 44.8 Å². The van der Waals surface area contributed by atoms with Crippen LogP contribution in [0.3, 0.4) is 0 Å². The lowest BCUT2D eigenvalue weighted by atomic mass is 9.82. The van der Waals surface area contributed by atoms with Crippen LogP contribution in [0, 0.1) is 0 Å². The van der Waals surface area contributed by atoms with Gasteiger partial charge in [-0.25, -0.2) is 9.97 Å². The van der Waals surface area contributed by atoms with Crippen LogP contribution in [0.1, 0.15) is 36.2 Å². The summed E-state index contributed by atoms with van der Waals surface area (Å²) in [5, 5.41) is 4.81. The molecular formula is C58H40N4. The number of aromatic nitrogens is 2. The highest BCUT2D eigenvalue weighted by Gasteiger charge is 2.58. The van der Waals surface area contributed by atoms with Crippen LogP contribution in [0.5, 0.6) is 0 Å². The molecule has 62 heavy (non-hydrogen) atoms. The van der Waals surface area contributed by atoms with E-state index in [4.69, 9.17) is 9.97 Å². The lowest BCUT2D eigenvalue weighted by Crippen LogP contribution is -2.57. The van der Waals surface area contributed by atoms with Crippen molar-refractivity contribution in [2.75, 3.05) is 9.80 Å². The van der Waals surface area contributed by atoms with Gasteiger partial charge < -0.3 is 4.90 Å². The number of fused-ring (bicyclic) bond motifs is 10. The van der Waals surface area contributed by atoms with E-state index >= 15 is 0 Å². The predicted octanol–water partition coefficient (Wildman–Crippen LogP) is 14.6. The summed E-state index contributed by atoms with van der Waals surface area (Å²) in [5.41, 5.74) is 14.7. The molecule has 0 amide bonds. The molecule has 13 rings (SSSR count). The topological polar surface area (TPSA) is 32.3 Å². The van der Waals surface area contributed by atoms with Gasteiger partial charge in [0, 0.05) is 38.7 Å². The molecule has 0 atom stereocenters. The van der Waals surface area contributed by atoms with Crippen LogP contribution in [0.15, 0.2) is 206 Å². The zero-order chi connectivity index (χ0) is 41.2. The van der Waals surface area contributed by atoms with Crippen LogP contribution in [0.2, 0.25) is 0 Å². The van der Waals surface area contributed by atoms with Crippen LogP contribution in [-0.2, 0) is 11.1 Å². The van der Waals surface area contributed by atoms with Gasteiger partial charge >= 0.3 is 0 Å². The largest absolute Gasteiger partial charge is 0.309 e. The Labute approximate surface area is 361 Å². The molecule has 2 heterocycles. The lowest BCUT2D eigenvalue weighted by molar-refractivity contribution is 0.536. The standard InChI is InChI=1S/C58H40N4/c1-57(2)53-43-27-13-12-21-38(43)33-34-46(53)52-54(57)59-55(39-22-8-4-9-23-39)60-56(52)62-49-32-18-24-40-35-41(37-19-6-3-7-20-37)36-50(51(40)49)61(42-25-10-5-11-26-42)58(62)47-30-16-14-28-44(47)45-29-15-17-31-48(45)58/h3-36H,1-2H3. The number of nitrogens with zero attached hydrogens (tertiary/aromatic N) is 4. The summed E-state index contributed by atoms with van der Waals surface area (Å²) >= 11 is 0. The van der Waals surface area contributed by atoms with E-state index in [1.807, 2.05) is 0 Å². The Morgan fingerprint density at radius 1 is 0.435 bits per heavy atom. The first kappa shape index (κ1) is 35.0. The maximum Gasteiger partial charge on any atom is 0.177 e. The second-order valence-electron chi connectivity index (χ2n) is 17.3. The molecule has 1 spiro atoms. The van der Waals surface area contributed by atoms with Crippen LogP contribution >= 0.6 is 0 Å². The van der Waals surface area contributed by atoms with Gasteiger partial charge in [0.2, 0.25) is 0 Å². The van der Waals surface area contributed by atoms with Gasteiger partial charge in [-0.05, 0) is 79.9 Å². The molecule has 9 aromatic carbocycles. The maximum atomic E-state index is 5.89. The van der Waals surface area contributed by atoms with Crippen molar-refractivity contribution in [3.05, 3.63) is 229 Å². The Morgan fingerprint density at radius 3 is 1.77 bits per heavy atom. The van der Waals surface area contributed by atoms with E-state index in [1.165, 1.54) is 66.1 Å². The van der Waals surface area contributed by atoms with Crippen LogP contribution in [-0.4, -0.2) is 9.97 Å². The molecular weight excluding hydrogens is 753 g/mol. The molecule has 10 aromatic rings. The highest BCUT2D eigenvalue weighted by Crippen LogP contribution is 2.65. The van der Waals surface area contributed by atoms with E-state index in [9.17, 15) is 0 Å². The van der Waals surface area contributed by atoms with Crippen molar-refractivity contribution in [2.45, 2.75) is 24.9 Å². The lowest BCUT2D eigenvalue weighted by Gasteiger charge is -2.55. The minimum atomic E-state index is -0.940. The number of hydrogen-bond acceptors (Lipinski definition) is 4. The van der Waals surface area contributed by atoms with Crippen molar-refractivity contribution in [1.82, 2.24) is 9.97 Å². The molecule has 4 heteroatoms. The molecule has 0 unspecified atom stereocenters. The third-order valence-electron chi connectivity index (χ3n) is 13.6. The van der Waals surface area contributed by atoms with Crippen molar-refractivity contribution >= 4 is 44.4 Å². The first-order chi connectivity index (χ1) is 30.5. The number of benzene rings is 9. The van der Waals surface area contributed by atoms with Gasteiger partial charge in [0.25, 0.3) is 0 Å². The van der Waals surface area contributed by atoms with Crippen molar-refractivity contribution in [2.24, 2.45) is 0 Å². The van der Waals surface area contributed by atoms with E-state index in [2.05, 4.69) is 230 Å². The Balaban J connectivity index is 1.25. The predicted molar refractivity (Wildman–Crippen MR) is 255 cm³/mol.